The predicted octanol–water partition coefficient (Wildman–Crippen LogP) is 1.08. The molecule has 2 unspecified atom stereocenters. The van der Waals surface area contributed by atoms with E-state index in [2.05, 4.69) is 51.2 Å². The van der Waals surface area contributed by atoms with E-state index in [-0.39, 0.29) is 30.5 Å². The van der Waals surface area contributed by atoms with Crippen molar-refractivity contribution in [2.75, 3.05) is 13.2 Å². The maximum atomic E-state index is 10.2. The molecule has 0 fully saturated rings. The van der Waals surface area contributed by atoms with Crippen LogP contribution in [0.4, 0.5) is 0 Å². The zero-order valence-electron chi connectivity index (χ0n) is 15.5. The largest absolute Gasteiger partial charge is 1.00 e. The number of nitrogens with one attached hydrogen (secondary N) is 1. The van der Waals surface area contributed by atoms with E-state index in [1.54, 1.807) is 0 Å². The molecule has 2 aromatic rings. The Labute approximate surface area is 157 Å². The number of aliphatic hydroxyl groups excluding tert-OH is 1. The average Bonchev–Trinajstić information content (AvgIpc) is 2.58. The molecule has 138 valence electrons. The number of benzene rings is 2. The lowest BCUT2D eigenvalue weighted by atomic mass is 9.86. The summed E-state index contributed by atoms with van der Waals surface area (Å²) in [5.74, 6) is 0.847. The van der Waals surface area contributed by atoms with E-state index in [1.807, 2.05) is 36.4 Å². The Morgan fingerprint density at radius 2 is 1.60 bits per heavy atom. The second kappa shape index (κ2) is 9.81. The molecule has 0 aliphatic carbocycles. The van der Waals surface area contributed by atoms with Crippen LogP contribution < -0.4 is 22.5 Å². The third kappa shape index (κ3) is 6.69. The summed E-state index contributed by atoms with van der Waals surface area (Å²) >= 11 is 0. The Kier molecular flexibility index (Phi) is 8.43. The Morgan fingerprint density at radius 1 is 1.00 bits per heavy atom. The molecule has 2 rings (SSSR count). The summed E-state index contributed by atoms with van der Waals surface area (Å²) in [4.78, 5) is 0. The van der Waals surface area contributed by atoms with Gasteiger partial charge in [0.1, 0.15) is 18.5 Å². The first-order chi connectivity index (χ1) is 11.4. The molecule has 0 saturated heterocycles. The first kappa shape index (κ1) is 21.5. The molecular weight excluding hydrogens is 334 g/mol. The highest BCUT2D eigenvalue weighted by Crippen LogP contribution is 2.30. The van der Waals surface area contributed by atoms with E-state index in [9.17, 15) is 5.11 Å². The van der Waals surface area contributed by atoms with Crippen LogP contribution in [0.5, 0.6) is 5.75 Å². The van der Waals surface area contributed by atoms with Crippen LogP contribution >= 0.6 is 0 Å². The molecule has 0 aliphatic heterocycles. The molecule has 4 heteroatoms. The molecule has 2 atom stereocenters. The Bertz CT molecular complexity index is 625. The van der Waals surface area contributed by atoms with Gasteiger partial charge in [0.15, 0.2) is 0 Å². The maximum Gasteiger partial charge on any atom is 0.123 e. The molecule has 0 spiro atoms. The number of halogens is 1. The van der Waals surface area contributed by atoms with E-state index in [0.29, 0.717) is 6.54 Å². The van der Waals surface area contributed by atoms with Gasteiger partial charge in [-0.1, -0.05) is 69.3 Å². The topological polar surface area (TPSA) is 41.5 Å². The molecule has 0 amide bonds. The molecule has 0 aliphatic rings. The second-order valence-corrected chi connectivity index (χ2v) is 7.25. The summed E-state index contributed by atoms with van der Waals surface area (Å²) in [6.07, 6.45) is -0.552. The standard InChI is InChI=1S/C21H29NO2.ClH/c1-16(17-10-6-5-7-11-17)22-14-18(23)15-24-20-13-9-8-12-19(20)21(2,3)4;/h5-13,16,18,22-23H,14-15H2,1-4H3;1H/p-1. The van der Waals surface area contributed by atoms with Gasteiger partial charge >= 0.3 is 0 Å². The van der Waals surface area contributed by atoms with Gasteiger partial charge in [-0.3, -0.25) is 0 Å². The summed E-state index contributed by atoms with van der Waals surface area (Å²) in [5.41, 5.74) is 2.38. The van der Waals surface area contributed by atoms with E-state index >= 15 is 0 Å². The quantitative estimate of drug-likeness (QED) is 0.774. The monoisotopic (exact) mass is 362 g/mol. The van der Waals surface area contributed by atoms with Gasteiger partial charge in [0, 0.05) is 12.6 Å². The predicted molar refractivity (Wildman–Crippen MR) is 99.5 cm³/mol. The fraction of sp³-hybridized carbons (Fsp3) is 0.429. The molecule has 0 radical (unpaired) electrons. The smallest absolute Gasteiger partial charge is 0.123 e. The van der Waals surface area contributed by atoms with E-state index in [0.717, 1.165) is 11.3 Å². The minimum Gasteiger partial charge on any atom is -1.00 e. The molecule has 0 aromatic heterocycles. The fourth-order valence-corrected chi connectivity index (χ4v) is 2.63. The first-order valence-electron chi connectivity index (χ1n) is 8.56. The van der Waals surface area contributed by atoms with E-state index < -0.39 is 6.10 Å². The van der Waals surface area contributed by atoms with Crippen molar-refractivity contribution in [3.05, 3.63) is 65.7 Å². The number of ether oxygens (including phenoxy) is 1. The molecule has 3 nitrogen and oxygen atoms in total. The number of hydrogen-bond acceptors (Lipinski definition) is 3. The molecule has 25 heavy (non-hydrogen) atoms. The van der Waals surface area contributed by atoms with Gasteiger partial charge in [-0.2, -0.15) is 0 Å². The second-order valence-electron chi connectivity index (χ2n) is 7.25. The lowest BCUT2D eigenvalue weighted by molar-refractivity contribution is -0.00000723. The summed E-state index contributed by atoms with van der Waals surface area (Å²) in [7, 11) is 0. The zero-order valence-corrected chi connectivity index (χ0v) is 16.3. The fourth-order valence-electron chi connectivity index (χ4n) is 2.63. The van der Waals surface area contributed by atoms with Crippen molar-refractivity contribution in [2.24, 2.45) is 0 Å². The van der Waals surface area contributed by atoms with Crippen LogP contribution in [0.1, 0.15) is 44.9 Å². The van der Waals surface area contributed by atoms with Gasteiger partial charge in [0.25, 0.3) is 0 Å². The Hall–Kier alpha value is -1.55. The van der Waals surface area contributed by atoms with Crippen molar-refractivity contribution in [2.45, 2.75) is 45.3 Å². The Morgan fingerprint density at radius 3 is 2.24 bits per heavy atom. The molecular formula is C21H29ClNO2-. The summed E-state index contributed by atoms with van der Waals surface area (Å²) < 4.78 is 5.87. The lowest BCUT2D eigenvalue weighted by Crippen LogP contribution is -3.00. The number of aliphatic hydroxyl groups is 1. The van der Waals surface area contributed by atoms with E-state index in [1.165, 1.54) is 5.56 Å². The summed E-state index contributed by atoms with van der Waals surface area (Å²) in [6.45, 7) is 9.35. The van der Waals surface area contributed by atoms with Gasteiger partial charge in [0.05, 0.1) is 0 Å². The van der Waals surface area contributed by atoms with Crippen LogP contribution in [0.2, 0.25) is 0 Å². The molecule has 0 heterocycles. The van der Waals surface area contributed by atoms with Crippen LogP contribution in [0.3, 0.4) is 0 Å². The van der Waals surface area contributed by atoms with Gasteiger partial charge in [-0.05, 0) is 29.5 Å². The third-order valence-electron chi connectivity index (χ3n) is 4.09. The lowest BCUT2D eigenvalue weighted by Gasteiger charge is -2.24. The van der Waals surface area contributed by atoms with Crippen molar-refractivity contribution in [1.29, 1.82) is 0 Å². The van der Waals surface area contributed by atoms with Crippen molar-refractivity contribution in [1.82, 2.24) is 5.32 Å². The molecule has 2 N–H and O–H groups in total. The third-order valence-corrected chi connectivity index (χ3v) is 4.09. The molecule has 0 bridgehead atoms. The van der Waals surface area contributed by atoms with Gasteiger partial charge in [-0.25, -0.2) is 0 Å². The number of hydrogen-bond donors (Lipinski definition) is 2. The maximum absolute atomic E-state index is 10.2. The van der Waals surface area contributed by atoms with Crippen LogP contribution in [-0.4, -0.2) is 24.4 Å². The van der Waals surface area contributed by atoms with Gasteiger partial charge < -0.3 is 27.6 Å². The highest BCUT2D eigenvalue weighted by Gasteiger charge is 2.19. The van der Waals surface area contributed by atoms with Crippen LogP contribution in [0, 0.1) is 0 Å². The summed E-state index contributed by atoms with van der Waals surface area (Å²) in [6, 6.07) is 18.5. The summed E-state index contributed by atoms with van der Waals surface area (Å²) in [5, 5.41) is 13.6. The van der Waals surface area contributed by atoms with Crippen LogP contribution in [0.15, 0.2) is 54.6 Å². The highest BCUT2D eigenvalue weighted by molar-refractivity contribution is 5.38. The van der Waals surface area contributed by atoms with Crippen molar-refractivity contribution < 1.29 is 22.3 Å². The minimum absolute atomic E-state index is 0. The van der Waals surface area contributed by atoms with Crippen molar-refractivity contribution >= 4 is 0 Å². The van der Waals surface area contributed by atoms with Crippen LogP contribution in [-0.2, 0) is 5.41 Å². The SMILES string of the molecule is CC(NCC(O)COc1ccccc1C(C)(C)C)c1ccccc1.[Cl-]. The van der Waals surface area contributed by atoms with Gasteiger partial charge in [0.2, 0.25) is 0 Å². The van der Waals surface area contributed by atoms with Gasteiger partial charge in [-0.15, -0.1) is 0 Å². The molecule has 0 saturated carbocycles. The van der Waals surface area contributed by atoms with Crippen LogP contribution in [0.25, 0.3) is 0 Å². The zero-order chi connectivity index (χ0) is 17.6. The minimum atomic E-state index is -0.552. The number of para-hydroxylation sites is 1. The van der Waals surface area contributed by atoms with E-state index in [4.69, 9.17) is 4.74 Å². The normalized spacial score (nSPS) is 13.6. The van der Waals surface area contributed by atoms with Crippen molar-refractivity contribution in [3.8, 4) is 5.75 Å². The average molecular weight is 363 g/mol. The molecule has 2 aromatic carbocycles. The first-order valence-corrected chi connectivity index (χ1v) is 8.56. The highest BCUT2D eigenvalue weighted by atomic mass is 35.5. The Balaban J connectivity index is 0.00000312. The van der Waals surface area contributed by atoms with Crippen molar-refractivity contribution in [3.63, 3.8) is 0 Å². The number of rotatable bonds is 7.